The molecule has 104 valence electrons. The first-order valence-electron chi connectivity index (χ1n) is 7.34. The lowest BCUT2D eigenvalue weighted by molar-refractivity contribution is 0.404. The van der Waals surface area contributed by atoms with Crippen LogP contribution in [0.3, 0.4) is 0 Å². The summed E-state index contributed by atoms with van der Waals surface area (Å²) in [5.74, 6) is 0.651. The summed E-state index contributed by atoms with van der Waals surface area (Å²) >= 11 is 3.67. The highest BCUT2D eigenvalue weighted by atomic mass is 79.9. The first-order chi connectivity index (χ1) is 9.79. The average Bonchev–Trinajstić information content (AvgIpc) is 2.43. The van der Waals surface area contributed by atoms with E-state index in [9.17, 15) is 0 Å². The van der Waals surface area contributed by atoms with Gasteiger partial charge in [0.1, 0.15) is 0 Å². The highest BCUT2D eigenvalue weighted by molar-refractivity contribution is 9.10. The molecule has 0 bridgehead atoms. The van der Waals surface area contributed by atoms with Crippen LogP contribution in [0.25, 0.3) is 0 Å². The van der Waals surface area contributed by atoms with Gasteiger partial charge in [0, 0.05) is 16.4 Å². The summed E-state index contributed by atoms with van der Waals surface area (Å²) in [6, 6.07) is 17.9. The van der Waals surface area contributed by atoms with Gasteiger partial charge in [0.2, 0.25) is 0 Å². The van der Waals surface area contributed by atoms with Gasteiger partial charge in [0.15, 0.2) is 0 Å². The minimum absolute atomic E-state index is 0.522. The van der Waals surface area contributed by atoms with E-state index in [4.69, 9.17) is 0 Å². The molecule has 2 unspecified atom stereocenters. The van der Waals surface area contributed by atoms with Gasteiger partial charge in [0.25, 0.3) is 0 Å². The summed E-state index contributed by atoms with van der Waals surface area (Å²) in [7, 11) is 0. The molecule has 0 aliphatic heterocycles. The average molecular weight is 330 g/mol. The zero-order chi connectivity index (χ0) is 13.9. The van der Waals surface area contributed by atoms with Crippen molar-refractivity contribution in [2.75, 3.05) is 6.54 Å². The predicted octanol–water partition coefficient (Wildman–Crippen LogP) is 4.31. The quantitative estimate of drug-likeness (QED) is 0.861. The third-order valence-electron chi connectivity index (χ3n) is 4.24. The fourth-order valence-corrected chi connectivity index (χ4v) is 3.62. The molecular formula is C18H20BrN. The molecule has 1 aliphatic carbocycles. The second-order valence-electron chi connectivity index (χ2n) is 5.47. The van der Waals surface area contributed by atoms with E-state index in [1.807, 2.05) is 0 Å². The van der Waals surface area contributed by atoms with Gasteiger partial charge in [-0.2, -0.15) is 0 Å². The molecule has 0 saturated heterocycles. The van der Waals surface area contributed by atoms with Crippen molar-refractivity contribution in [1.29, 1.82) is 0 Å². The Bertz CT molecular complexity index is 593. The predicted molar refractivity (Wildman–Crippen MR) is 88.2 cm³/mol. The van der Waals surface area contributed by atoms with Crippen molar-refractivity contribution < 1.29 is 0 Å². The third kappa shape index (κ3) is 2.68. The highest BCUT2D eigenvalue weighted by Gasteiger charge is 2.32. The maximum absolute atomic E-state index is 3.68. The number of halogens is 1. The molecule has 20 heavy (non-hydrogen) atoms. The van der Waals surface area contributed by atoms with Crippen molar-refractivity contribution in [2.24, 2.45) is 0 Å². The fraction of sp³-hybridized carbons (Fsp3) is 0.333. The Hall–Kier alpha value is -1.12. The van der Waals surface area contributed by atoms with Crippen LogP contribution in [0.15, 0.2) is 53.0 Å². The van der Waals surface area contributed by atoms with Crippen LogP contribution in [-0.4, -0.2) is 12.6 Å². The van der Waals surface area contributed by atoms with E-state index in [1.54, 1.807) is 0 Å². The Morgan fingerprint density at radius 3 is 2.65 bits per heavy atom. The van der Waals surface area contributed by atoms with Crippen molar-refractivity contribution in [3.63, 3.8) is 0 Å². The van der Waals surface area contributed by atoms with Crippen LogP contribution in [-0.2, 0) is 12.8 Å². The second-order valence-corrected chi connectivity index (χ2v) is 6.32. The van der Waals surface area contributed by atoms with E-state index in [-0.39, 0.29) is 0 Å². The van der Waals surface area contributed by atoms with Crippen LogP contribution in [0.4, 0.5) is 0 Å². The van der Waals surface area contributed by atoms with Crippen LogP contribution in [0, 0.1) is 0 Å². The maximum atomic E-state index is 3.68. The van der Waals surface area contributed by atoms with Gasteiger partial charge >= 0.3 is 0 Å². The highest BCUT2D eigenvalue weighted by Crippen LogP contribution is 2.38. The second kappa shape index (κ2) is 6.11. The molecule has 1 N–H and O–H groups in total. The molecule has 1 nitrogen and oxygen atoms in total. The zero-order valence-corrected chi connectivity index (χ0v) is 13.4. The molecule has 0 aromatic heterocycles. The Kier molecular flexibility index (Phi) is 4.23. The topological polar surface area (TPSA) is 12.0 Å². The standard InChI is InChI=1S/C18H20BrN/c1-2-20-18(12-14-8-4-6-10-17(14)19)16-11-13-7-3-5-9-15(13)16/h3-10,16,18,20H,2,11-12H2,1H3. The molecule has 0 amide bonds. The third-order valence-corrected chi connectivity index (χ3v) is 5.02. The molecule has 0 saturated carbocycles. The molecule has 0 radical (unpaired) electrons. The Morgan fingerprint density at radius 1 is 1.15 bits per heavy atom. The summed E-state index contributed by atoms with van der Waals surface area (Å²) < 4.78 is 1.22. The van der Waals surface area contributed by atoms with Gasteiger partial charge in [-0.25, -0.2) is 0 Å². The SMILES string of the molecule is CCNC(Cc1ccccc1Br)C1Cc2ccccc21. The van der Waals surface area contributed by atoms with Crippen molar-refractivity contribution in [2.45, 2.75) is 31.7 Å². The molecule has 3 rings (SSSR count). The van der Waals surface area contributed by atoms with E-state index in [0.29, 0.717) is 12.0 Å². The van der Waals surface area contributed by atoms with Gasteiger partial charge in [0.05, 0.1) is 0 Å². The monoisotopic (exact) mass is 329 g/mol. The lowest BCUT2D eigenvalue weighted by Crippen LogP contribution is -2.41. The molecule has 0 heterocycles. The van der Waals surface area contributed by atoms with E-state index in [1.165, 1.54) is 27.6 Å². The molecule has 2 aromatic rings. The minimum atomic E-state index is 0.522. The lowest BCUT2D eigenvalue weighted by Gasteiger charge is -2.37. The van der Waals surface area contributed by atoms with E-state index in [2.05, 4.69) is 76.7 Å². The normalized spacial score (nSPS) is 18.2. The van der Waals surface area contributed by atoms with Gasteiger partial charge in [-0.05, 0) is 42.1 Å². The number of rotatable bonds is 5. The van der Waals surface area contributed by atoms with Crippen molar-refractivity contribution >= 4 is 15.9 Å². The van der Waals surface area contributed by atoms with Crippen LogP contribution in [0.5, 0.6) is 0 Å². The van der Waals surface area contributed by atoms with Gasteiger partial charge in [-0.1, -0.05) is 65.3 Å². The molecule has 2 aromatic carbocycles. The summed E-state index contributed by atoms with van der Waals surface area (Å²) in [6.07, 6.45) is 2.28. The van der Waals surface area contributed by atoms with Crippen LogP contribution in [0.1, 0.15) is 29.5 Å². The number of hydrogen-bond acceptors (Lipinski definition) is 1. The number of fused-ring (bicyclic) bond motifs is 1. The molecule has 2 heteroatoms. The Balaban J connectivity index is 1.79. The van der Waals surface area contributed by atoms with Gasteiger partial charge in [-0.15, -0.1) is 0 Å². The summed E-state index contributed by atoms with van der Waals surface area (Å²) in [5, 5.41) is 3.68. The number of hydrogen-bond donors (Lipinski definition) is 1. The smallest absolute Gasteiger partial charge is 0.0207 e. The largest absolute Gasteiger partial charge is 0.313 e. The van der Waals surface area contributed by atoms with Crippen molar-refractivity contribution in [3.05, 3.63) is 69.7 Å². The summed E-state index contributed by atoms with van der Waals surface area (Å²) in [4.78, 5) is 0. The molecular weight excluding hydrogens is 310 g/mol. The van der Waals surface area contributed by atoms with Gasteiger partial charge in [-0.3, -0.25) is 0 Å². The number of likely N-dealkylation sites (N-methyl/N-ethyl adjacent to an activating group) is 1. The first-order valence-corrected chi connectivity index (χ1v) is 8.13. The molecule has 2 atom stereocenters. The van der Waals surface area contributed by atoms with E-state index in [0.717, 1.165) is 13.0 Å². The van der Waals surface area contributed by atoms with E-state index >= 15 is 0 Å². The Morgan fingerprint density at radius 2 is 1.90 bits per heavy atom. The van der Waals surface area contributed by atoms with Crippen LogP contribution < -0.4 is 5.32 Å². The van der Waals surface area contributed by atoms with Crippen molar-refractivity contribution in [3.8, 4) is 0 Å². The molecule has 1 aliphatic rings. The number of benzene rings is 2. The minimum Gasteiger partial charge on any atom is -0.313 e. The van der Waals surface area contributed by atoms with Gasteiger partial charge < -0.3 is 5.32 Å². The Labute approximate surface area is 129 Å². The van der Waals surface area contributed by atoms with Crippen molar-refractivity contribution in [1.82, 2.24) is 5.32 Å². The summed E-state index contributed by atoms with van der Waals surface area (Å²) in [5.41, 5.74) is 4.45. The number of nitrogens with one attached hydrogen (secondary N) is 1. The lowest BCUT2D eigenvalue weighted by atomic mass is 9.72. The first kappa shape index (κ1) is 13.8. The maximum Gasteiger partial charge on any atom is 0.0207 e. The fourth-order valence-electron chi connectivity index (χ4n) is 3.18. The van der Waals surface area contributed by atoms with E-state index < -0.39 is 0 Å². The van der Waals surface area contributed by atoms with Crippen LogP contribution >= 0.6 is 15.9 Å². The van der Waals surface area contributed by atoms with Crippen LogP contribution in [0.2, 0.25) is 0 Å². The summed E-state index contributed by atoms with van der Waals surface area (Å²) in [6.45, 7) is 3.21. The molecule has 0 fully saturated rings. The zero-order valence-electron chi connectivity index (χ0n) is 11.8. The molecule has 0 spiro atoms.